The molecular formula is C17H27N3O3. The lowest BCUT2D eigenvalue weighted by atomic mass is 10.0. The van der Waals surface area contributed by atoms with Gasteiger partial charge in [-0.2, -0.15) is 0 Å². The number of hydrogen-bond acceptors (Lipinski definition) is 4. The molecule has 0 fully saturated rings. The topological polar surface area (TPSA) is 82.3 Å². The van der Waals surface area contributed by atoms with E-state index in [9.17, 15) is 14.4 Å². The highest BCUT2D eigenvalue weighted by atomic mass is 16.2. The molecule has 1 amide bonds. The van der Waals surface area contributed by atoms with Crippen molar-refractivity contribution in [2.45, 2.75) is 53.6 Å². The maximum Gasteiger partial charge on any atom is 0.234 e. The van der Waals surface area contributed by atoms with Crippen molar-refractivity contribution < 1.29 is 14.4 Å². The SMILES string of the molecule is CC(=O)c1c(C)[nH]c(C(=O)C(C)N(C)CC(=O)NC(C)C)c1C. The zero-order valence-corrected chi connectivity index (χ0v) is 15.0. The number of aromatic amines is 1. The number of carbonyl (C=O) groups excluding carboxylic acids is 3. The molecule has 0 radical (unpaired) electrons. The fourth-order valence-electron chi connectivity index (χ4n) is 2.66. The van der Waals surface area contributed by atoms with Crippen molar-refractivity contribution in [3.05, 3.63) is 22.5 Å². The van der Waals surface area contributed by atoms with Crippen molar-refractivity contribution in [1.29, 1.82) is 0 Å². The number of aryl methyl sites for hydroxylation is 1. The van der Waals surface area contributed by atoms with Gasteiger partial charge in [0.15, 0.2) is 11.6 Å². The maximum atomic E-state index is 12.7. The second kappa shape index (κ2) is 7.55. The van der Waals surface area contributed by atoms with E-state index in [2.05, 4.69) is 10.3 Å². The highest BCUT2D eigenvalue weighted by molar-refractivity contribution is 6.05. The Hall–Kier alpha value is -1.95. The van der Waals surface area contributed by atoms with Crippen LogP contribution in [0.15, 0.2) is 0 Å². The zero-order chi connectivity index (χ0) is 17.9. The van der Waals surface area contributed by atoms with E-state index < -0.39 is 6.04 Å². The van der Waals surface area contributed by atoms with Crippen LogP contribution in [0.2, 0.25) is 0 Å². The fourth-order valence-corrected chi connectivity index (χ4v) is 2.66. The number of aromatic nitrogens is 1. The van der Waals surface area contributed by atoms with Gasteiger partial charge >= 0.3 is 0 Å². The standard InChI is InChI=1S/C17H27N3O3/c1-9(2)18-14(22)8-20(7)12(5)17(23)16-10(3)15(13(6)21)11(4)19-16/h9,12,19H,8H2,1-7H3,(H,18,22). The van der Waals surface area contributed by atoms with Crippen LogP contribution in [0, 0.1) is 13.8 Å². The van der Waals surface area contributed by atoms with Gasteiger partial charge in [0, 0.05) is 17.3 Å². The summed E-state index contributed by atoms with van der Waals surface area (Å²) in [5, 5.41) is 2.80. The number of amides is 1. The highest BCUT2D eigenvalue weighted by Gasteiger charge is 2.26. The van der Waals surface area contributed by atoms with Crippen LogP contribution in [0.5, 0.6) is 0 Å². The number of nitrogens with one attached hydrogen (secondary N) is 2. The average Bonchev–Trinajstić information content (AvgIpc) is 2.71. The van der Waals surface area contributed by atoms with E-state index >= 15 is 0 Å². The van der Waals surface area contributed by atoms with Gasteiger partial charge in [0.2, 0.25) is 5.91 Å². The Balaban J connectivity index is 2.91. The first-order chi connectivity index (χ1) is 10.6. The molecule has 6 heteroatoms. The Morgan fingerprint density at radius 3 is 2.17 bits per heavy atom. The third-order valence-electron chi connectivity index (χ3n) is 3.92. The number of nitrogens with zero attached hydrogens (tertiary/aromatic N) is 1. The Labute approximate surface area is 137 Å². The van der Waals surface area contributed by atoms with Crippen LogP contribution >= 0.6 is 0 Å². The molecule has 0 aliphatic heterocycles. The summed E-state index contributed by atoms with van der Waals surface area (Å²) < 4.78 is 0. The first-order valence-electron chi connectivity index (χ1n) is 7.80. The second-order valence-corrected chi connectivity index (χ2v) is 6.36. The summed E-state index contributed by atoms with van der Waals surface area (Å²) in [4.78, 5) is 40.9. The van der Waals surface area contributed by atoms with Crippen molar-refractivity contribution in [2.75, 3.05) is 13.6 Å². The summed E-state index contributed by atoms with van der Waals surface area (Å²) >= 11 is 0. The van der Waals surface area contributed by atoms with Gasteiger partial charge in [-0.1, -0.05) is 0 Å². The van der Waals surface area contributed by atoms with Gasteiger partial charge in [-0.05, 0) is 54.2 Å². The molecule has 1 aromatic heterocycles. The van der Waals surface area contributed by atoms with Crippen molar-refractivity contribution in [1.82, 2.24) is 15.2 Å². The lowest BCUT2D eigenvalue weighted by molar-refractivity contribution is -0.122. The molecule has 23 heavy (non-hydrogen) atoms. The molecule has 0 saturated carbocycles. The van der Waals surface area contributed by atoms with E-state index in [0.29, 0.717) is 22.5 Å². The molecule has 6 nitrogen and oxygen atoms in total. The maximum absolute atomic E-state index is 12.7. The van der Waals surface area contributed by atoms with E-state index in [1.807, 2.05) is 13.8 Å². The summed E-state index contributed by atoms with van der Waals surface area (Å²) in [7, 11) is 1.74. The quantitative estimate of drug-likeness (QED) is 0.751. The molecule has 1 aromatic rings. The molecule has 0 aliphatic carbocycles. The van der Waals surface area contributed by atoms with Crippen LogP contribution in [0.1, 0.15) is 59.8 Å². The van der Waals surface area contributed by atoms with Crippen LogP contribution in [-0.2, 0) is 4.79 Å². The van der Waals surface area contributed by atoms with Gasteiger partial charge in [0.1, 0.15) is 0 Å². The van der Waals surface area contributed by atoms with Crippen LogP contribution in [-0.4, -0.2) is 53.0 Å². The van der Waals surface area contributed by atoms with Gasteiger partial charge in [-0.25, -0.2) is 0 Å². The van der Waals surface area contributed by atoms with Gasteiger partial charge in [0.05, 0.1) is 18.3 Å². The van der Waals surface area contributed by atoms with Crippen LogP contribution < -0.4 is 5.32 Å². The minimum atomic E-state index is -0.468. The van der Waals surface area contributed by atoms with Crippen LogP contribution in [0.3, 0.4) is 0 Å². The zero-order valence-electron chi connectivity index (χ0n) is 15.0. The van der Waals surface area contributed by atoms with Crippen molar-refractivity contribution in [3.8, 4) is 0 Å². The van der Waals surface area contributed by atoms with E-state index in [1.54, 1.807) is 32.7 Å². The molecule has 1 unspecified atom stereocenters. The van der Waals surface area contributed by atoms with Crippen molar-refractivity contribution >= 4 is 17.5 Å². The molecule has 1 heterocycles. The van der Waals surface area contributed by atoms with Crippen LogP contribution in [0.4, 0.5) is 0 Å². The summed E-state index contributed by atoms with van der Waals surface area (Å²) in [6.07, 6.45) is 0. The minimum absolute atomic E-state index is 0.0624. The first-order valence-corrected chi connectivity index (χ1v) is 7.80. The van der Waals surface area contributed by atoms with Gasteiger partial charge in [0.25, 0.3) is 0 Å². The predicted octanol–water partition coefficient (Wildman–Crippen LogP) is 1.86. The van der Waals surface area contributed by atoms with E-state index in [1.165, 1.54) is 6.92 Å². The molecule has 0 bridgehead atoms. The summed E-state index contributed by atoms with van der Waals surface area (Å²) in [6, 6.07) is -0.405. The number of ketones is 2. The van der Waals surface area contributed by atoms with Gasteiger partial charge < -0.3 is 10.3 Å². The van der Waals surface area contributed by atoms with Crippen molar-refractivity contribution in [3.63, 3.8) is 0 Å². The smallest absolute Gasteiger partial charge is 0.234 e. The summed E-state index contributed by atoms with van der Waals surface area (Å²) in [5.41, 5.74) is 2.38. The first kappa shape index (κ1) is 19.1. The number of hydrogen-bond donors (Lipinski definition) is 2. The highest BCUT2D eigenvalue weighted by Crippen LogP contribution is 2.20. The molecule has 128 valence electrons. The third-order valence-corrected chi connectivity index (χ3v) is 3.92. The predicted molar refractivity (Wildman–Crippen MR) is 90.0 cm³/mol. The summed E-state index contributed by atoms with van der Waals surface area (Å²) in [5.74, 6) is -0.309. The minimum Gasteiger partial charge on any atom is -0.355 e. The van der Waals surface area contributed by atoms with Gasteiger partial charge in [-0.15, -0.1) is 0 Å². The Morgan fingerprint density at radius 2 is 1.74 bits per heavy atom. The monoisotopic (exact) mass is 321 g/mol. The molecule has 0 spiro atoms. The normalized spacial score (nSPS) is 12.6. The molecule has 1 rings (SSSR count). The van der Waals surface area contributed by atoms with E-state index in [4.69, 9.17) is 0 Å². The molecule has 0 saturated heterocycles. The lowest BCUT2D eigenvalue weighted by Crippen LogP contribution is -2.44. The molecule has 0 aromatic carbocycles. The number of likely N-dealkylation sites (N-methyl/N-ethyl adjacent to an activating group) is 1. The molecule has 1 atom stereocenters. The van der Waals surface area contributed by atoms with E-state index in [-0.39, 0.29) is 30.1 Å². The molecular weight excluding hydrogens is 294 g/mol. The molecule has 2 N–H and O–H groups in total. The lowest BCUT2D eigenvalue weighted by Gasteiger charge is -2.23. The van der Waals surface area contributed by atoms with Crippen LogP contribution in [0.25, 0.3) is 0 Å². The Morgan fingerprint density at radius 1 is 1.17 bits per heavy atom. The fraction of sp³-hybridized carbons (Fsp3) is 0.588. The number of carbonyl (C=O) groups is 3. The Kier molecular flexibility index (Phi) is 6.27. The van der Waals surface area contributed by atoms with E-state index in [0.717, 1.165) is 0 Å². The molecule has 0 aliphatic rings. The summed E-state index contributed by atoms with van der Waals surface area (Å²) in [6.45, 7) is 10.7. The second-order valence-electron chi connectivity index (χ2n) is 6.36. The van der Waals surface area contributed by atoms with Gasteiger partial charge in [-0.3, -0.25) is 19.3 Å². The average molecular weight is 321 g/mol. The number of Topliss-reactive ketones (excluding diaryl/α,β-unsaturated/α-hetero) is 2. The van der Waals surface area contributed by atoms with Crippen molar-refractivity contribution in [2.24, 2.45) is 0 Å². The number of rotatable bonds is 7. The largest absolute Gasteiger partial charge is 0.355 e. The Bertz CT molecular complexity index is 617. The third kappa shape index (κ3) is 4.51. The number of H-pyrrole nitrogens is 1.